The van der Waals surface area contributed by atoms with Crippen molar-refractivity contribution < 1.29 is 9.90 Å². The Kier molecular flexibility index (Phi) is 5.26. The van der Waals surface area contributed by atoms with Crippen molar-refractivity contribution >= 4 is 5.91 Å². The minimum Gasteiger partial charge on any atom is -0.393 e. The van der Waals surface area contributed by atoms with Crippen LogP contribution in [-0.4, -0.2) is 35.1 Å². The zero-order valence-corrected chi connectivity index (χ0v) is 10.8. The van der Waals surface area contributed by atoms with Crippen LogP contribution in [0, 0.1) is 11.8 Å². The molecule has 0 saturated carbocycles. The SMILES string of the molecule is CCC(O)C1CCN(C(=O)CC(C)C)CC1. The largest absolute Gasteiger partial charge is 0.393 e. The summed E-state index contributed by atoms with van der Waals surface area (Å²) < 4.78 is 0. The average Bonchev–Trinajstić information content (AvgIpc) is 2.27. The second kappa shape index (κ2) is 6.24. The fraction of sp³-hybridized carbons (Fsp3) is 0.923. The molecule has 0 spiro atoms. The summed E-state index contributed by atoms with van der Waals surface area (Å²) in [4.78, 5) is 13.8. The van der Waals surface area contributed by atoms with Crippen molar-refractivity contribution in [1.82, 2.24) is 4.90 Å². The number of aliphatic hydroxyl groups excluding tert-OH is 1. The van der Waals surface area contributed by atoms with Crippen molar-refractivity contribution in [1.29, 1.82) is 0 Å². The second-order valence-corrected chi connectivity index (χ2v) is 5.29. The van der Waals surface area contributed by atoms with Crippen LogP contribution in [0.25, 0.3) is 0 Å². The number of rotatable bonds is 4. The molecule has 1 rings (SSSR count). The molecule has 1 amide bonds. The molecule has 1 heterocycles. The standard InChI is InChI=1S/C13H25NO2/c1-4-12(15)11-5-7-14(8-6-11)13(16)9-10(2)3/h10-12,15H,4-9H2,1-3H3. The molecule has 3 nitrogen and oxygen atoms in total. The Balaban J connectivity index is 2.34. The van der Waals surface area contributed by atoms with Gasteiger partial charge >= 0.3 is 0 Å². The number of likely N-dealkylation sites (tertiary alicyclic amines) is 1. The molecule has 0 aromatic heterocycles. The summed E-state index contributed by atoms with van der Waals surface area (Å²) in [5.41, 5.74) is 0. The molecule has 16 heavy (non-hydrogen) atoms. The molecule has 1 atom stereocenters. The smallest absolute Gasteiger partial charge is 0.222 e. The summed E-state index contributed by atoms with van der Waals surface area (Å²) in [5.74, 6) is 1.11. The number of aliphatic hydroxyl groups is 1. The Morgan fingerprint density at radius 1 is 1.38 bits per heavy atom. The molecular formula is C13H25NO2. The number of piperidine rings is 1. The number of hydrogen-bond donors (Lipinski definition) is 1. The zero-order valence-electron chi connectivity index (χ0n) is 10.8. The van der Waals surface area contributed by atoms with Crippen LogP contribution in [0.2, 0.25) is 0 Å². The monoisotopic (exact) mass is 227 g/mol. The van der Waals surface area contributed by atoms with Crippen LogP contribution in [0.1, 0.15) is 46.5 Å². The predicted molar refractivity (Wildman–Crippen MR) is 65.1 cm³/mol. The fourth-order valence-corrected chi connectivity index (χ4v) is 2.35. The third-order valence-electron chi connectivity index (χ3n) is 3.44. The van der Waals surface area contributed by atoms with Crippen LogP contribution >= 0.6 is 0 Å². The van der Waals surface area contributed by atoms with E-state index in [4.69, 9.17) is 0 Å². The Morgan fingerprint density at radius 3 is 2.38 bits per heavy atom. The Bertz CT molecular complexity index is 220. The van der Waals surface area contributed by atoms with E-state index in [1.54, 1.807) is 0 Å². The van der Waals surface area contributed by atoms with E-state index in [0.29, 0.717) is 18.3 Å². The van der Waals surface area contributed by atoms with Gasteiger partial charge in [-0.05, 0) is 31.1 Å². The Hall–Kier alpha value is -0.570. The maximum absolute atomic E-state index is 11.8. The lowest BCUT2D eigenvalue weighted by Gasteiger charge is -2.34. The number of hydrogen-bond acceptors (Lipinski definition) is 2. The molecule has 1 aliphatic rings. The zero-order chi connectivity index (χ0) is 12.1. The molecule has 1 saturated heterocycles. The van der Waals surface area contributed by atoms with Crippen LogP contribution in [0.3, 0.4) is 0 Å². The number of nitrogens with zero attached hydrogens (tertiary/aromatic N) is 1. The molecule has 94 valence electrons. The van der Waals surface area contributed by atoms with Gasteiger partial charge in [0.05, 0.1) is 6.10 Å². The van der Waals surface area contributed by atoms with Crippen molar-refractivity contribution in [2.75, 3.05) is 13.1 Å². The van der Waals surface area contributed by atoms with E-state index >= 15 is 0 Å². The lowest BCUT2D eigenvalue weighted by atomic mass is 9.90. The number of carbonyl (C=O) groups excluding carboxylic acids is 1. The van der Waals surface area contributed by atoms with Crippen molar-refractivity contribution in [2.45, 2.75) is 52.6 Å². The molecule has 1 unspecified atom stereocenters. The molecule has 1 fully saturated rings. The molecule has 0 bridgehead atoms. The third kappa shape index (κ3) is 3.78. The van der Waals surface area contributed by atoms with Crippen LogP contribution in [0.5, 0.6) is 0 Å². The minimum absolute atomic E-state index is 0.178. The Morgan fingerprint density at radius 2 is 1.94 bits per heavy atom. The van der Waals surface area contributed by atoms with Crippen LogP contribution in [-0.2, 0) is 4.79 Å². The number of amides is 1. The van der Waals surface area contributed by atoms with Crippen molar-refractivity contribution in [3.05, 3.63) is 0 Å². The van der Waals surface area contributed by atoms with Crippen molar-refractivity contribution in [2.24, 2.45) is 11.8 Å². The average molecular weight is 227 g/mol. The van der Waals surface area contributed by atoms with E-state index < -0.39 is 0 Å². The van der Waals surface area contributed by atoms with Gasteiger partial charge in [-0.2, -0.15) is 0 Å². The van der Waals surface area contributed by atoms with Crippen LogP contribution in [0.4, 0.5) is 0 Å². The first-order valence-electron chi connectivity index (χ1n) is 6.50. The molecule has 1 N–H and O–H groups in total. The van der Waals surface area contributed by atoms with Crippen LogP contribution < -0.4 is 0 Å². The van der Waals surface area contributed by atoms with E-state index in [2.05, 4.69) is 13.8 Å². The normalized spacial score (nSPS) is 20.2. The summed E-state index contributed by atoms with van der Waals surface area (Å²) in [5, 5.41) is 9.75. The summed E-state index contributed by atoms with van der Waals surface area (Å²) >= 11 is 0. The van der Waals surface area contributed by atoms with Gasteiger partial charge in [0.15, 0.2) is 0 Å². The second-order valence-electron chi connectivity index (χ2n) is 5.29. The van der Waals surface area contributed by atoms with E-state index in [1.165, 1.54) is 0 Å². The number of carbonyl (C=O) groups is 1. The van der Waals surface area contributed by atoms with Gasteiger partial charge in [0.25, 0.3) is 0 Å². The highest BCUT2D eigenvalue weighted by molar-refractivity contribution is 5.76. The van der Waals surface area contributed by atoms with E-state index in [9.17, 15) is 9.90 Å². The molecule has 0 aromatic carbocycles. The minimum atomic E-state index is -0.178. The van der Waals surface area contributed by atoms with Gasteiger partial charge in [0.2, 0.25) is 5.91 Å². The maximum Gasteiger partial charge on any atom is 0.222 e. The van der Waals surface area contributed by atoms with E-state index in [0.717, 1.165) is 32.4 Å². The van der Waals surface area contributed by atoms with E-state index in [-0.39, 0.29) is 12.0 Å². The molecule has 0 radical (unpaired) electrons. The molecular weight excluding hydrogens is 202 g/mol. The van der Waals surface area contributed by atoms with Crippen LogP contribution in [0.15, 0.2) is 0 Å². The van der Waals surface area contributed by atoms with Gasteiger partial charge in [0, 0.05) is 19.5 Å². The van der Waals surface area contributed by atoms with Crippen molar-refractivity contribution in [3.8, 4) is 0 Å². The lowest BCUT2D eigenvalue weighted by Crippen LogP contribution is -2.41. The first-order chi connectivity index (χ1) is 7.54. The summed E-state index contributed by atoms with van der Waals surface area (Å²) in [7, 11) is 0. The molecule has 3 heteroatoms. The first kappa shape index (κ1) is 13.5. The van der Waals surface area contributed by atoms with Gasteiger partial charge in [-0.1, -0.05) is 20.8 Å². The first-order valence-corrected chi connectivity index (χ1v) is 6.50. The van der Waals surface area contributed by atoms with Gasteiger partial charge in [-0.25, -0.2) is 0 Å². The molecule has 0 aromatic rings. The van der Waals surface area contributed by atoms with E-state index in [1.807, 2.05) is 11.8 Å². The quantitative estimate of drug-likeness (QED) is 0.798. The van der Waals surface area contributed by atoms with Crippen molar-refractivity contribution in [3.63, 3.8) is 0 Å². The summed E-state index contributed by atoms with van der Waals surface area (Å²) in [6.45, 7) is 7.82. The topological polar surface area (TPSA) is 40.5 Å². The highest BCUT2D eigenvalue weighted by atomic mass is 16.3. The highest BCUT2D eigenvalue weighted by Gasteiger charge is 2.26. The highest BCUT2D eigenvalue weighted by Crippen LogP contribution is 2.23. The Labute approximate surface area is 98.8 Å². The predicted octanol–water partition coefficient (Wildman–Crippen LogP) is 2.04. The summed E-state index contributed by atoms with van der Waals surface area (Å²) in [6, 6.07) is 0. The fourth-order valence-electron chi connectivity index (χ4n) is 2.35. The lowest BCUT2D eigenvalue weighted by molar-refractivity contribution is -0.134. The molecule has 1 aliphatic heterocycles. The third-order valence-corrected chi connectivity index (χ3v) is 3.44. The van der Waals surface area contributed by atoms with Gasteiger partial charge < -0.3 is 10.0 Å². The summed E-state index contributed by atoms with van der Waals surface area (Å²) in [6.07, 6.45) is 3.21. The molecule has 0 aliphatic carbocycles. The van der Waals surface area contributed by atoms with Gasteiger partial charge in [-0.15, -0.1) is 0 Å². The maximum atomic E-state index is 11.8. The van der Waals surface area contributed by atoms with Gasteiger partial charge in [0.1, 0.15) is 0 Å². The van der Waals surface area contributed by atoms with Gasteiger partial charge in [-0.3, -0.25) is 4.79 Å².